The summed E-state index contributed by atoms with van der Waals surface area (Å²) in [5, 5.41) is 3.52. The van der Waals surface area contributed by atoms with Crippen LogP contribution in [0.5, 0.6) is 0 Å². The Balaban J connectivity index is 1.70. The molecule has 0 saturated heterocycles. The second-order valence-corrected chi connectivity index (χ2v) is 7.12. The molecule has 0 aliphatic heterocycles. The van der Waals surface area contributed by atoms with Crippen molar-refractivity contribution in [3.05, 3.63) is 33.2 Å². The van der Waals surface area contributed by atoms with Crippen molar-refractivity contribution >= 4 is 0 Å². The molecule has 0 atom stereocenters. The van der Waals surface area contributed by atoms with Gasteiger partial charge in [-0.3, -0.25) is 4.79 Å². The minimum atomic E-state index is 0.302. The summed E-state index contributed by atoms with van der Waals surface area (Å²) in [6.45, 7) is 0.767. The third kappa shape index (κ3) is 2.68. The molecule has 1 heterocycles. The number of nitrogens with one attached hydrogen (secondary N) is 1. The zero-order valence-corrected chi connectivity index (χ0v) is 12.9. The van der Waals surface area contributed by atoms with Gasteiger partial charge in [-0.2, -0.15) is 0 Å². The molecule has 0 amide bonds. The van der Waals surface area contributed by atoms with Crippen LogP contribution in [0.25, 0.3) is 0 Å². The summed E-state index contributed by atoms with van der Waals surface area (Å²) in [6.07, 6.45) is 12.4. The standard InChI is InChI=1S/C18H26N2O/c21-18-14(12-19-15-9-10-15)11-13-5-4-8-17(13)20(18)16-6-2-1-3-7-16/h11,15-16,19H,1-10,12H2. The Kier molecular flexibility index (Phi) is 3.62. The average Bonchev–Trinajstić information content (AvgIpc) is 3.23. The van der Waals surface area contributed by atoms with E-state index in [-0.39, 0.29) is 0 Å². The van der Waals surface area contributed by atoms with Crippen LogP contribution < -0.4 is 10.9 Å². The van der Waals surface area contributed by atoms with E-state index in [1.807, 2.05) is 0 Å². The van der Waals surface area contributed by atoms with Gasteiger partial charge in [0.1, 0.15) is 0 Å². The highest BCUT2D eigenvalue weighted by molar-refractivity contribution is 5.31. The van der Waals surface area contributed by atoms with Gasteiger partial charge in [0.15, 0.2) is 0 Å². The maximum absolute atomic E-state index is 13.0. The number of hydrogen-bond acceptors (Lipinski definition) is 2. The van der Waals surface area contributed by atoms with Crippen LogP contribution in [-0.2, 0) is 19.4 Å². The second-order valence-electron chi connectivity index (χ2n) is 7.12. The highest BCUT2D eigenvalue weighted by atomic mass is 16.1. The lowest BCUT2D eigenvalue weighted by Crippen LogP contribution is -2.33. The molecule has 2 saturated carbocycles. The topological polar surface area (TPSA) is 34.0 Å². The zero-order chi connectivity index (χ0) is 14.2. The van der Waals surface area contributed by atoms with Crippen molar-refractivity contribution in [3.8, 4) is 0 Å². The van der Waals surface area contributed by atoms with Crippen molar-refractivity contribution in [2.45, 2.75) is 82.8 Å². The summed E-state index contributed by atoms with van der Waals surface area (Å²) in [7, 11) is 0. The Hall–Kier alpha value is -1.09. The number of aromatic nitrogens is 1. The van der Waals surface area contributed by atoms with Crippen LogP contribution in [0.2, 0.25) is 0 Å². The Morgan fingerprint density at radius 1 is 1.05 bits per heavy atom. The fraction of sp³-hybridized carbons (Fsp3) is 0.722. The first kappa shape index (κ1) is 13.6. The predicted molar refractivity (Wildman–Crippen MR) is 84.7 cm³/mol. The molecule has 0 radical (unpaired) electrons. The lowest BCUT2D eigenvalue weighted by Gasteiger charge is -2.27. The molecule has 114 valence electrons. The SMILES string of the molecule is O=c1c(CNC2CC2)cc2c(n1C1CCCCC1)CCC2. The third-order valence-corrected chi connectivity index (χ3v) is 5.46. The molecule has 1 aromatic rings. The van der Waals surface area contributed by atoms with Gasteiger partial charge in [-0.15, -0.1) is 0 Å². The van der Waals surface area contributed by atoms with E-state index in [4.69, 9.17) is 0 Å². The van der Waals surface area contributed by atoms with Crippen LogP contribution in [0.3, 0.4) is 0 Å². The lowest BCUT2D eigenvalue weighted by atomic mass is 9.94. The largest absolute Gasteiger partial charge is 0.310 e. The van der Waals surface area contributed by atoms with Crippen LogP contribution in [-0.4, -0.2) is 10.6 Å². The minimum Gasteiger partial charge on any atom is -0.310 e. The van der Waals surface area contributed by atoms with Crippen LogP contribution in [0.15, 0.2) is 10.9 Å². The molecule has 4 rings (SSSR count). The normalized spacial score (nSPS) is 22.5. The maximum atomic E-state index is 13.0. The Morgan fingerprint density at radius 3 is 2.62 bits per heavy atom. The van der Waals surface area contributed by atoms with E-state index in [0.29, 0.717) is 17.6 Å². The molecular formula is C18H26N2O. The van der Waals surface area contributed by atoms with Crippen LogP contribution in [0, 0.1) is 0 Å². The summed E-state index contributed by atoms with van der Waals surface area (Å²) in [4.78, 5) is 13.0. The highest BCUT2D eigenvalue weighted by Gasteiger charge is 2.26. The van der Waals surface area contributed by atoms with E-state index in [1.165, 1.54) is 69.0 Å². The number of nitrogens with zero attached hydrogens (tertiary/aromatic N) is 1. The first-order valence-corrected chi connectivity index (χ1v) is 8.82. The van der Waals surface area contributed by atoms with Crippen molar-refractivity contribution in [2.75, 3.05) is 0 Å². The molecule has 1 N–H and O–H groups in total. The van der Waals surface area contributed by atoms with Crippen molar-refractivity contribution in [2.24, 2.45) is 0 Å². The molecule has 0 unspecified atom stereocenters. The molecule has 0 bridgehead atoms. The Labute approximate surface area is 126 Å². The monoisotopic (exact) mass is 286 g/mol. The van der Waals surface area contributed by atoms with Crippen LogP contribution in [0.4, 0.5) is 0 Å². The first-order chi connectivity index (χ1) is 10.3. The van der Waals surface area contributed by atoms with Gasteiger partial charge in [-0.25, -0.2) is 0 Å². The fourth-order valence-corrected chi connectivity index (χ4v) is 4.12. The van der Waals surface area contributed by atoms with Gasteiger partial charge in [-0.1, -0.05) is 19.3 Å². The molecule has 2 fully saturated rings. The fourth-order valence-electron chi connectivity index (χ4n) is 4.12. The van der Waals surface area contributed by atoms with E-state index in [9.17, 15) is 4.79 Å². The van der Waals surface area contributed by atoms with Crippen molar-refractivity contribution < 1.29 is 0 Å². The van der Waals surface area contributed by atoms with Crippen LogP contribution in [0.1, 0.15) is 74.2 Å². The highest BCUT2D eigenvalue weighted by Crippen LogP contribution is 2.31. The van der Waals surface area contributed by atoms with E-state index >= 15 is 0 Å². The predicted octanol–water partition coefficient (Wildman–Crippen LogP) is 3.09. The van der Waals surface area contributed by atoms with Crippen molar-refractivity contribution in [1.82, 2.24) is 9.88 Å². The van der Waals surface area contributed by atoms with Crippen LogP contribution >= 0.6 is 0 Å². The third-order valence-electron chi connectivity index (χ3n) is 5.46. The first-order valence-electron chi connectivity index (χ1n) is 8.82. The zero-order valence-electron chi connectivity index (χ0n) is 12.9. The molecular weight excluding hydrogens is 260 g/mol. The summed E-state index contributed by atoms with van der Waals surface area (Å²) in [6, 6.07) is 3.35. The summed E-state index contributed by atoms with van der Waals surface area (Å²) >= 11 is 0. The van der Waals surface area contributed by atoms with E-state index in [2.05, 4.69) is 16.0 Å². The van der Waals surface area contributed by atoms with E-state index in [1.54, 1.807) is 0 Å². The van der Waals surface area contributed by atoms with Gasteiger partial charge in [0.2, 0.25) is 0 Å². The molecule has 3 aliphatic rings. The van der Waals surface area contributed by atoms with Gasteiger partial charge >= 0.3 is 0 Å². The molecule has 3 aliphatic carbocycles. The number of aryl methyl sites for hydroxylation is 1. The summed E-state index contributed by atoms with van der Waals surface area (Å²) in [5.41, 5.74) is 4.12. The molecule has 3 heteroatoms. The van der Waals surface area contributed by atoms with Gasteiger partial charge in [-0.05, 0) is 56.6 Å². The molecule has 0 spiro atoms. The van der Waals surface area contributed by atoms with Crippen molar-refractivity contribution in [3.63, 3.8) is 0 Å². The Bertz CT molecular complexity index is 580. The van der Waals surface area contributed by atoms with E-state index < -0.39 is 0 Å². The molecule has 3 nitrogen and oxygen atoms in total. The summed E-state index contributed by atoms with van der Waals surface area (Å²) < 4.78 is 2.21. The van der Waals surface area contributed by atoms with Gasteiger partial charge in [0.25, 0.3) is 5.56 Å². The number of pyridine rings is 1. The van der Waals surface area contributed by atoms with Gasteiger partial charge in [0.05, 0.1) is 0 Å². The van der Waals surface area contributed by atoms with Gasteiger partial charge < -0.3 is 9.88 Å². The Morgan fingerprint density at radius 2 is 1.86 bits per heavy atom. The van der Waals surface area contributed by atoms with Crippen molar-refractivity contribution in [1.29, 1.82) is 0 Å². The minimum absolute atomic E-state index is 0.302. The number of hydrogen-bond donors (Lipinski definition) is 1. The maximum Gasteiger partial charge on any atom is 0.255 e. The second kappa shape index (κ2) is 5.60. The average molecular weight is 286 g/mol. The number of rotatable bonds is 4. The van der Waals surface area contributed by atoms with Gasteiger partial charge in [0, 0.05) is 29.9 Å². The smallest absolute Gasteiger partial charge is 0.255 e. The summed E-state index contributed by atoms with van der Waals surface area (Å²) in [5.74, 6) is 0. The quantitative estimate of drug-likeness (QED) is 0.923. The lowest BCUT2D eigenvalue weighted by molar-refractivity contribution is 0.338. The molecule has 1 aromatic heterocycles. The van der Waals surface area contributed by atoms with E-state index in [0.717, 1.165) is 18.5 Å². The molecule has 21 heavy (non-hydrogen) atoms. The number of fused-ring (bicyclic) bond motifs is 1. The molecule has 0 aromatic carbocycles.